The van der Waals surface area contributed by atoms with Crippen molar-refractivity contribution in [2.45, 2.75) is 6.54 Å². The zero-order valence-corrected chi connectivity index (χ0v) is 12.8. The Morgan fingerprint density at radius 3 is 2.75 bits per heavy atom. The lowest BCUT2D eigenvalue weighted by atomic mass is 10.1. The number of nitrogen functional groups attached to an aromatic ring is 1. The molecule has 20 heavy (non-hydrogen) atoms. The van der Waals surface area contributed by atoms with Crippen molar-refractivity contribution in [3.8, 4) is 0 Å². The number of halogens is 2. The molecule has 6 heteroatoms. The summed E-state index contributed by atoms with van der Waals surface area (Å²) in [4.78, 5) is 12.2. The lowest BCUT2D eigenvalue weighted by Crippen LogP contribution is -2.24. The van der Waals surface area contributed by atoms with E-state index in [9.17, 15) is 4.79 Å². The maximum atomic E-state index is 12.2. The first-order valence-corrected chi connectivity index (χ1v) is 7.06. The number of rotatable bonds is 4. The highest BCUT2D eigenvalue weighted by Gasteiger charge is 2.11. The minimum atomic E-state index is -0.236. The van der Waals surface area contributed by atoms with E-state index in [-0.39, 0.29) is 5.91 Å². The van der Waals surface area contributed by atoms with E-state index < -0.39 is 0 Å². The largest absolute Gasteiger partial charge is 0.348 e. The third-order valence-corrected chi connectivity index (χ3v) is 3.45. The fourth-order valence-electron chi connectivity index (χ4n) is 1.75. The lowest BCUT2D eigenvalue weighted by molar-refractivity contribution is 0.0951. The molecule has 104 valence electrons. The average molecular weight is 355 g/mol. The predicted molar refractivity (Wildman–Crippen MR) is 84.6 cm³/mol. The normalized spacial score (nSPS) is 10.2. The standard InChI is InChI=1S/C14H13BrClN3O/c15-10-3-1-2-9(6-10)8-18-14(20)12-7-11(16)4-5-13(12)19-17/h1-7,19H,8,17H2,(H,18,20). The zero-order valence-electron chi connectivity index (χ0n) is 10.5. The van der Waals surface area contributed by atoms with Crippen molar-refractivity contribution in [3.05, 3.63) is 63.1 Å². The van der Waals surface area contributed by atoms with Gasteiger partial charge in [0.05, 0.1) is 11.3 Å². The third kappa shape index (κ3) is 3.72. The number of nitrogens with one attached hydrogen (secondary N) is 2. The van der Waals surface area contributed by atoms with Crippen LogP contribution < -0.4 is 16.6 Å². The van der Waals surface area contributed by atoms with Crippen LogP contribution in [0.5, 0.6) is 0 Å². The minimum Gasteiger partial charge on any atom is -0.348 e. The molecule has 0 saturated carbocycles. The van der Waals surface area contributed by atoms with Gasteiger partial charge in [-0.25, -0.2) is 0 Å². The quantitative estimate of drug-likeness (QED) is 0.583. The number of hydrogen-bond acceptors (Lipinski definition) is 3. The summed E-state index contributed by atoms with van der Waals surface area (Å²) >= 11 is 9.29. The summed E-state index contributed by atoms with van der Waals surface area (Å²) in [6.45, 7) is 0.425. The van der Waals surface area contributed by atoms with Crippen molar-refractivity contribution in [1.29, 1.82) is 0 Å². The van der Waals surface area contributed by atoms with Gasteiger partial charge in [-0.15, -0.1) is 0 Å². The van der Waals surface area contributed by atoms with Crippen LogP contribution in [0.15, 0.2) is 46.9 Å². The molecule has 0 saturated heterocycles. The molecule has 2 aromatic carbocycles. The second-order valence-electron chi connectivity index (χ2n) is 4.15. The van der Waals surface area contributed by atoms with Crippen LogP contribution in [0.2, 0.25) is 5.02 Å². The molecule has 1 amide bonds. The highest BCUT2D eigenvalue weighted by atomic mass is 79.9. The molecule has 0 bridgehead atoms. The topological polar surface area (TPSA) is 67.1 Å². The van der Waals surface area contributed by atoms with Gasteiger partial charge < -0.3 is 10.7 Å². The summed E-state index contributed by atoms with van der Waals surface area (Å²) in [5.41, 5.74) is 4.42. The van der Waals surface area contributed by atoms with Crippen LogP contribution in [0, 0.1) is 0 Å². The molecule has 0 fully saturated rings. The van der Waals surface area contributed by atoms with Crippen LogP contribution in [-0.4, -0.2) is 5.91 Å². The Balaban J connectivity index is 2.10. The van der Waals surface area contributed by atoms with Crippen LogP contribution >= 0.6 is 27.5 Å². The van der Waals surface area contributed by atoms with Crippen LogP contribution in [0.4, 0.5) is 5.69 Å². The summed E-state index contributed by atoms with van der Waals surface area (Å²) in [7, 11) is 0. The van der Waals surface area contributed by atoms with Crippen molar-refractivity contribution in [2.75, 3.05) is 5.43 Å². The Bertz CT molecular complexity index is 634. The summed E-state index contributed by atoms with van der Waals surface area (Å²) in [5.74, 6) is 5.15. The molecule has 0 aliphatic carbocycles. The summed E-state index contributed by atoms with van der Waals surface area (Å²) < 4.78 is 0.969. The van der Waals surface area contributed by atoms with E-state index in [2.05, 4.69) is 26.7 Å². The fraction of sp³-hybridized carbons (Fsp3) is 0.0714. The van der Waals surface area contributed by atoms with E-state index in [1.807, 2.05) is 24.3 Å². The van der Waals surface area contributed by atoms with Gasteiger partial charge in [0.1, 0.15) is 0 Å². The molecule has 2 rings (SSSR count). The van der Waals surface area contributed by atoms with E-state index in [4.69, 9.17) is 17.4 Å². The SMILES string of the molecule is NNc1ccc(Cl)cc1C(=O)NCc1cccc(Br)c1. The number of anilines is 1. The summed E-state index contributed by atoms with van der Waals surface area (Å²) in [5, 5.41) is 3.31. The summed E-state index contributed by atoms with van der Waals surface area (Å²) in [6, 6.07) is 12.6. The Kier molecular flexibility index (Phi) is 5.00. The highest BCUT2D eigenvalue weighted by Crippen LogP contribution is 2.20. The van der Waals surface area contributed by atoms with E-state index in [0.29, 0.717) is 22.8 Å². The molecule has 4 N–H and O–H groups in total. The van der Waals surface area contributed by atoms with Gasteiger partial charge in [-0.1, -0.05) is 39.7 Å². The smallest absolute Gasteiger partial charge is 0.253 e. The van der Waals surface area contributed by atoms with Crippen LogP contribution in [0.3, 0.4) is 0 Å². The molecule has 2 aromatic rings. The maximum absolute atomic E-state index is 12.2. The second kappa shape index (κ2) is 6.74. The van der Waals surface area contributed by atoms with E-state index in [0.717, 1.165) is 10.0 Å². The Morgan fingerprint density at radius 1 is 1.25 bits per heavy atom. The third-order valence-electron chi connectivity index (χ3n) is 2.72. The predicted octanol–water partition coefficient (Wildman–Crippen LogP) is 3.32. The van der Waals surface area contributed by atoms with Crippen LogP contribution in [0.1, 0.15) is 15.9 Å². The Hall–Kier alpha value is -1.56. The first kappa shape index (κ1) is 14.8. The van der Waals surface area contributed by atoms with Gasteiger partial charge in [-0.3, -0.25) is 10.6 Å². The van der Waals surface area contributed by atoms with Gasteiger partial charge in [0.15, 0.2) is 0 Å². The Morgan fingerprint density at radius 2 is 2.05 bits per heavy atom. The monoisotopic (exact) mass is 353 g/mol. The van der Waals surface area contributed by atoms with Crippen molar-refractivity contribution >= 4 is 39.1 Å². The van der Waals surface area contributed by atoms with E-state index in [1.54, 1.807) is 18.2 Å². The zero-order chi connectivity index (χ0) is 14.5. The number of amides is 1. The maximum Gasteiger partial charge on any atom is 0.253 e. The fourth-order valence-corrected chi connectivity index (χ4v) is 2.37. The molecule has 0 aliphatic rings. The molecule has 0 radical (unpaired) electrons. The van der Waals surface area contributed by atoms with Crippen molar-refractivity contribution in [2.24, 2.45) is 5.84 Å². The molecule has 0 aromatic heterocycles. The number of benzene rings is 2. The molecular formula is C14H13BrClN3O. The first-order valence-electron chi connectivity index (χ1n) is 5.89. The van der Waals surface area contributed by atoms with Gasteiger partial charge in [0.25, 0.3) is 5.91 Å². The summed E-state index contributed by atoms with van der Waals surface area (Å²) in [6.07, 6.45) is 0. The number of carbonyl (C=O) groups is 1. The number of carbonyl (C=O) groups excluding carboxylic acids is 1. The Labute approximate surface area is 130 Å². The van der Waals surface area contributed by atoms with Crippen molar-refractivity contribution in [1.82, 2.24) is 5.32 Å². The van der Waals surface area contributed by atoms with E-state index >= 15 is 0 Å². The van der Waals surface area contributed by atoms with Crippen LogP contribution in [0.25, 0.3) is 0 Å². The number of nitrogens with two attached hydrogens (primary N) is 1. The average Bonchev–Trinajstić information content (AvgIpc) is 2.45. The molecule has 0 atom stereocenters. The first-order chi connectivity index (χ1) is 9.60. The molecule has 4 nitrogen and oxygen atoms in total. The van der Waals surface area contributed by atoms with Gasteiger partial charge in [-0.05, 0) is 35.9 Å². The van der Waals surface area contributed by atoms with Gasteiger partial charge in [0, 0.05) is 16.0 Å². The van der Waals surface area contributed by atoms with Crippen molar-refractivity contribution in [3.63, 3.8) is 0 Å². The number of hydrazine groups is 1. The highest BCUT2D eigenvalue weighted by molar-refractivity contribution is 9.10. The van der Waals surface area contributed by atoms with Gasteiger partial charge in [0.2, 0.25) is 0 Å². The second-order valence-corrected chi connectivity index (χ2v) is 5.50. The minimum absolute atomic E-state index is 0.236. The van der Waals surface area contributed by atoms with Gasteiger partial charge in [-0.2, -0.15) is 0 Å². The molecule has 0 spiro atoms. The molecule has 0 aliphatic heterocycles. The van der Waals surface area contributed by atoms with Crippen LogP contribution in [-0.2, 0) is 6.54 Å². The molecule has 0 unspecified atom stereocenters. The molecule has 0 heterocycles. The lowest BCUT2D eigenvalue weighted by Gasteiger charge is -2.10. The number of hydrogen-bond donors (Lipinski definition) is 3. The van der Waals surface area contributed by atoms with E-state index in [1.165, 1.54) is 0 Å². The van der Waals surface area contributed by atoms with Crippen molar-refractivity contribution < 1.29 is 4.79 Å². The van der Waals surface area contributed by atoms with Gasteiger partial charge >= 0.3 is 0 Å². The molecular weight excluding hydrogens is 342 g/mol.